The van der Waals surface area contributed by atoms with Crippen LogP contribution in [0.15, 0.2) is 11.6 Å². The maximum atomic E-state index is 10.2. The van der Waals surface area contributed by atoms with E-state index in [-0.39, 0.29) is 6.10 Å². The summed E-state index contributed by atoms with van der Waals surface area (Å²) < 4.78 is 0. The van der Waals surface area contributed by atoms with Gasteiger partial charge in [0.25, 0.3) is 0 Å². The largest absolute Gasteiger partial charge is 0.393 e. The molecule has 0 bridgehead atoms. The zero-order chi connectivity index (χ0) is 20.8. The van der Waals surface area contributed by atoms with Crippen molar-refractivity contribution in [1.29, 1.82) is 0 Å². The second kappa shape index (κ2) is 8.07. The minimum absolute atomic E-state index is 0.0892. The van der Waals surface area contributed by atoms with Crippen molar-refractivity contribution in [2.75, 3.05) is 0 Å². The normalized spacial score (nSPS) is 45.9. The lowest BCUT2D eigenvalue weighted by Crippen LogP contribution is -2.50. The van der Waals surface area contributed by atoms with Crippen molar-refractivity contribution in [2.45, 2.75) is 104 Å². The Labute approximate surface area is 180 Å². The number of aliphatic hydroxyl groups excluding tert-OH is 1. The highest BCUT2D eigenvalue weighted by Gasteiger charge is 2.59. The van der Waals surface area contributed by atoms with E-state index in [4.69, 9.17) is 6.42 Å². The SMILES string of the molecule is C#CC(C)CCCC(C)C1CCC2C3CC=C4CC(O)CCC4(C)C3CCC12C. The summed E-state index contributed by atoms with van der Waals surface area (Å²) in [5, 5.41) is 10.2. The highest BCUT2D eigenvalue weighted by molar-refractivity contribution is 5.25. The molecule has 9 atom stereocenters. The van der Waals surface area contributed by atoms with E-state index in [0.717, 1.165) is 42.4 Å². The molecule has 1 nitrogen and oxygen atoms in total. The summed E-state index contributed by atoms with van der Waals surface area (Å²) in [5.41, 5.74) is 2.53. The third kappa shape index (κ3) is 3.63. The first-order valence-corrected chi connectivity index (χ1v) is 12.6. The summed E-state index contributed by atoms with van der Waals surface area (Å²) in [6.45, 7) is 9.94. The molecule has 162 valence electrons. The number of hydrogen-bond acceptors (Lipinski definition) is 1. The number of aliphatic hydroxyl groups is 1. The molecule has 1 N–H and O–H groups in total. The molecule has 0 radical (unpaired) electrons. The molecule has 0 spiro atoms. The first kappa shape index (κ1) is 21.5. The summed E-state index contributed by atoms with van der Waals surface area (Å²) in [6, 6.07) is 0. The molecule has 4 aliphatic rings. The van der Waals surface area contributed by atoms with Crippen LogP contribution >= 0.6 is 0 Å². The van der Waals surface area contributed by atoms with E-state index < -0.39 is 0 Å². The van der Waals surface area contributed by atoms with Gasteiger partial charge in [-0.2, -0.15) is 0 Å². The van der Waals surface area contributed by atoms with Gasteiger partial charge in [-0.05, 0) is 98.2 Å². The zero-order valence-corrected chi connectivity index (χ0v) is 19.4. The van der Waals surface area contributed by atoms with Crippen LogP contribution in [-0.2, 0) is 0 Å². The highest BCUT2D eigenvalue weighted by atomic mass is 16.3. The Kier molecular flexibility index (Phi) is 5.98. The van der Waals surface area contributed by atoms with Gasteiger partial charge in [0.15, 0.2) is 0 Å². The third-order valence-electron chi connectivity index (χ3n) is 10.4. The van der Waals surface area contributed by atoms with Crippen LogP contribution in [0.25, 0.3) is 0 Å². The van der Waals surface area contributed by atoms with Crippen LogP contribution < -0.4 is 0 Å². The number of allylic oxidation sites excluding steroid dienone is 1. The average Bonchev–Trinajstić information content (AvgIpc) is 3.05. The van der Waals surface area contributed by atoms with Gasteiger partial charge in [-0.1, -0.05) is 52.2 Å². The Morgan fingerprint density at radius 3 is 2.66 bits per heavy atom. The Bertz CT molecular complexity index is 670. The third-order valence-corrected chi connectivity index (χ3v) is 10.4. The predicted molar refractivity (Wildman–Crippen MR) is 122 cm³/mol. The molecule has 0 aromatic carbocycles. The van der Waals surface area contributed by atoms with Crippen LogP contribution in [0.1, 0.15) is 98.3 Å². The molecule has 0 aliphatic heterocycles. The lowest BCUT2D eigenvalue weighted by Gasteiger charge is -2.58. The first-order chi connectivity index (χ1) is 13.8. The van der Waals surface area contributed by atoms with Gasteiger partial charge in [0.2, 0.25) is 0 Å². The number of fused-ring (bicyclic) bond motifs is 5. The van der Waals surface area contributed by atoms with Gasteiger partial charge in [0.1, 0.15) is 0 Å². The summed E-state index contributed by atoms with van der Waals surface area (Å²) in [5.74, 6) is 7.73. The molecular weight excluding hydrogens is 352 g/mol. The highest BCUT2D eigenvalue weighted by Crippen LogP contribution is 2.67. The lowest BCUT2D eigenvalue weighted by molar-refractivity contribution is -0.0572. The molecule has 29 heavy (non-hydrogen) atoms. The van der Waals surface area contributed by atoms with Gasteiger partial charge in [0.05, 0.1) is 6.10 Å². The second-order valence-electron chi connectivity index (χ2n) is 11.9. The van der Waals surface area contributed by atoms with Crippen LogP contribution in [0.3, 0.4) is 0 Å². The van der Waals surface area contributed by atoms with Crippen molar-refractivity contribution in [2.24, 2.45) is 46.3 Å². The second-order valence-corrected chi connectivity index (χ2v) is 11.9. The first-order valence-electron chi connectivity index (χ1n) is 12.6. The van der Waals surface area contributed by atoms with E-state index in [1.807, 2.05) is 0 Å². The molecular formula is C28H44O. The molecule has 3 fully saturated rings. The van der Waals surface area contributed by atoms with Crippen molar-refractivity contribution < 1.29 is 5.11 Å². The van der Waals surface area contributed by atoms with Crippen molar-refractivity contribution in [3.05, 3.63) is 11.6 Å². The quantitative estimate of drug-likeness (QED) is 0.392. The standard InChI is InChI=1S/C28H44O/c1-6-19(2)8-7-9-20(3)24-12-13-25-23-11-10-21-18-22(29)14-16-27(21,4)26(23)15-17-28(24,25)5/h1,10,19-20,22-26,29H,7-9,11-18H2,2-5H3. The molecule has 9 unspecified atom stereocenters. The van der Waals surface area contributed by atoms with E-state index in [0.29, 0.717) is 16.7 Å². The van der Waals surface area contributed by atoms with Crippen molar-refractivity contribution in [3.8, 4) is 12.3 Å². The maximum Gasteiger partial charge on any atom is 0.0577 e. The number of hydrogen-bond donors (Lipinski definition) is 1. The van der Waals surface area contributed by atoms with Gasteiger partial charge < -0.3 is 5.11 Å². The van der Waals surface area contributed by atoms with Gasteiger partial charge in [0, 0.05) is 5.92 Å². The van der Waals surface area contributed by atoms with E-state index in [9.17, 15) is 5.11 Å². The lowest BCUT2D eigenvalue weighted by atomic mass is 9.47. The Hall–Kier alpha value is -0.740. The predicted octanol–water partition coefficient (Wildman–Crippen LogP) is 7.00. The minimum Gasteiger partial charge on any atom is -0.393 e. The van der Waals surface area contributed by atoms with Crippen molar-refractivity contribution >= 4 is 0 Å². The molecule has 0 amide bonds. The summed E-state index contributed by atoms with van der Waals surface area (Å²) in [4.78, 5) is 0. The topological polar surface area (TPSA) is 20.2 Å². The van der Waals surface area contributed by atoms with Gasteiger partial charge >= 0.3 is 0 Å². The molecule has 4 rings (SSSR count). The van der Waals surface area contributed by atoms with Gasteiger partial charge in [-0.25, -0.2) is 0 Å². The van der Waals surface area contributed by atoms with Crippen LogP contribution in [-0.4, -0.2) is 11.2 Å². The molecule has 0 aromatic heterocycles. The number of terminal acetylenes is 1. The zero-order valence-electron chi connectivity index (χ0n) is 19.4. The average molecular weight is 397 g/mol. The van der Waals surface area contributed by atoms with E-state index in [1.165, 1.54) is 57.8 Å². The van der Waals surface area contributed by atoms with E-state index >= 15 is 0 Å². The van der Waals surface area contributed by atoms with Crippen LogP contribution in [0.2, 0.25) is 0 Å². The molecule has 1 heteroatoms. The van der Waals surface area contributed by atoms with Crippen LogP contribution in [0, 0.1) is 58.7 Å². The fourth-order valence-corrected chi connectivity index (χ4v) is 8.65. The molecule has 3 saturated carbocycles. The van der Waals surface area contributed by atoms with Crippen LogP contribution in [0.5, 0.6) is 0 Å². The fourth-order valence-electron chi connectivity index (χ4n) is 8.65. The minimum atomic E-state index is -0.0892. The Balaban J connectivity index is 1.47. The van der Waals surface area contributed by atoms with Crippen molar-refractivity contribution in [3.63, 3.8) is 0 Å². The number of rotatable bonds is 5. The van der Waals surface area contributed by atoms with Crippen LogP contribution in [0.4, 0.5) is 0 Å². The smallest absolute Gasteiger partial charge is 0.0577 e. The van der Waals surface area contributed by atoms with Crippen molar-refractivity contribution in [1.82, 2.24) is 0 Å². The molecule has 0 aromatic rings. The van der Waals surface area contributed by atoms with E-state index in [2.05, 4.69) is 39.7 Å². The summed E-state index contributed by atoms with van der Waals surface area (Å²) in [6.07, 6.45) is 22.1. The Morgan fingerprint density at radius 2 is 1.90 bits per heavy atom. The summed E-state index contributed by atoms with van der Waals surface area (Å²) >= 11 is 0. The molecule has 4 aliphatic carbocycles. The van der Waals surface area contributed by atoms with E-state index in [1.54, 1.807) is 5.57 Å². The van der Waals surface area contributed by atoms with Gasteiger partial charge in [-0.3, -0.25) is 0 Å². The fraction of sp³-hybridized carbons (Fsp3) is 0.857. The Morgan fingerprint density at radius 1 is 1.10 bits per heavy atom. The maximum absolute atomic E-state index is 10.2. The molecule has 0 saturated heterocycles. The van der Waals surface area contributed by atoms with Gasteiger partial charge in [-0.15, -0.1) is 12.3 Å². The monoisotopic (exact) mass is 396 g/mol. The summed E-state index contributed by atoms with van der Waals surface area (Å²) in [7, 11) is 0. The molecule has 0 heterocycles.